The molecule has 0 aromatic heterocycles. The Kier molecular flexibility index (Phi) is 4.88. The highest BCUT2D eigenvalue weighted by atomic mass is 32.1. The lowest BCUT2D eigenvalue weighted by atomic mass is 10.1. The van der Waals surface area contributed by atoms with Gasteiger partial charge in [0.15, 0.2) is 11.6 Å². The smallest absolute Gasteiger partial charge is 0.167 e. The molecule has 0 bridgehead atoms. The first-order valence-corrected chi connectivity index (χ1v) is 5.49. The van der Waals surface area contributed by atoms with Crippen LogP contribution < -0.4 is 4.74 Å². The summed E-state index contributed by atoms with van der Waals surface area (Å²) in [4.78, 5) is 0. The van der Waals surface area contributed by atoms with Crippen molar-refractivity contribution in [3.05, 3.63) is 29.8 Å². The number of benzene rings is 1. The van der Waals surface area contributed by atoms with Crippen LogP contribution in [0, 0.1) is 17.6 Å². The minimum atomic E-state index is -0.663. The van der Waals surface area contributed by atoms with Crippen LogP contribution in [0.3, 0.4) is 0 Å². The lowest BCUT2D eigenvalue weighted by molar-refractivity contribution is 0.248. The van der Waals surface area contributed by atoms with Crippen molar-refractivity contribution in [2.24, 2.45) is 5.92 Å². The maximum absolute atomic E-state index is 13.1. The number of ether oxygens (including phenoxy) is 1. The fourth-order valence-corrected chi connectivity index (χ4v) is 1.46. The van der Waals surface area contributed by atoms with Crippen LogP contribution in [0.5, 0.6) is 5.75 Å². The topological polar surface area (TPSA) is 9.23 Å². The third-order valence-electron chi connectivity index (χ3n) is 2.20. The molecule has 1 atom stereocenters. The number of rotatable bonds is 5. The summed E-state index contributed by atoms with van der Waals surface area (Å²) in [6.45, 7) is 2.42. The van der Waals surface area contributed by atoms with E-state index in [4.69, 9.17) is 4.74 Å². The van der Waals surface area contributed by atoms with E-state index in [0.29, 0.717) is 12.4 Å². The molecule has 0 aliphatic rings. The van der Waals surface area contributed by atoms with Gasteiger partial charge in [-0.05, 0) is 24.3 Å². The van der Waals surface area contributed by atoms with E-state index in [1.54, 1.807) is 0 Å². The summed E-state index contributed by atoms with van der Waals surface area (Å²) in [6, 6.07) is 3.30. The first-order valence-electron chi connectivity index (χ1n) is 4.86. The zero-order valence-corrected chi connectivity index (χ0v) is 9.44. The van der Waals surface area contributed by atoms with E-state index in [-0.39, 0.29) is 11.7 Å². The molecule has 4 heteroatoms. The molecule has 0 saturated carbocycles. The predicted octanol–water partition coefficient (Wildman–Crippen LogP) is 3.30. The van der Waals surface area contributed by atoms with E-state index in [0.717, 1.165) is 12.5 Å². The Hall–Kier alpha value is -0.770. The van der Waals surface area contributed by atoms with Crippen LogP contribution in [0.1, 0.15) is 13.3 Å². The van der Waals surface area contributed by atoms with Gasteiger partial charge < -0.3 is 4.74 Å². The van der Waals surface area contributed by atoms with Gasteiger partial charge in [0.05, 0.1) is 6.61 Å². The molecule has 1 aromatic carbocycles. The van der Waals surface area contributed by atoms with Gasteiger partial charge in [-0.25, -0.2) is 8.78 Å². The Balaban J connectivity index is 2.57. The molecule has 15 heavy (non-hydrogen) atoms. The summed E-state index contributed by atoms with van der Waals surface area (Å²) in [6.07, 6.45) is 0.923. The zero-order chi connectivity index (χ0) is 11.3. The van der Waals surface area contributed by atoms with Gasteiger partial charge in [-0.2, -0.15) is 12.6 Å². The lowest BCUT2D eigenvalue weighted by Gasteiger charge is -2.13. The molecular formula is C11H14F2OS. The van der Waals surface area contributed by atoms with Crippen LogP contribution in [-0.2, 0) is 0 Å². The zero-order valence-electron chi connectivity index (χ0n) is 8.54. The van der Waals surface area contributed by atoms with Crippen molar-refractivity contribution in [3.8, 4) is 5.75 Å². The van der Waals surface area contributed by atoms with Crippen molar-refractivity contribution >= 4 is 12.6 Å². The Morgan fingerprint density at radius 3 is 2.67 bits per heavy atom. The van der Waals surface area contributed by atoms with Gasteiger partial charge in [0.25, 0.3) is 0 Å². The lowest BCUT2D eigenvalue weighted by Crippen LogP contribution is -2.13. The van der Waals surface area contributed by atoms with Crippen LogP contribution in [0.25, 0.3) is 0 Å². The van der Waals surface area contributed by atoms with Crippen molar-refractivity contribution in [3.63, 3.8) is 0 Å². The molecule has 0 radical (unpaired) electrons. The maximum Gasteiger partial charge on any atom is 0.167 e. The van der Waals surface area contributed by atoms with Crippen molar-refractivity contribution in [1.29, 1.82) is 0 Å². The fraction of sp³-hybridized carbons (Fsp3) is 0.455. The van der Waals surface area contributed by atoms with Crippen molar-refractivity contribution < 1.29 is 13.5 Å². The Bertz CT molecular complexity index is 313. The Morgan fingerprint density at radius 1 is 1.40 bits per heavy atom. The fourth-order valence-electron chi connectivity index (χ4n) is 1.10. The molecule has 0 aliphatic heterocycles. The first kappa shape index (κ1) is 12.3. The molecule has 84 valence electrons. The van der Waals surface area contributed by atoms with Crippen molar-refractivity contribution in [2.75, 3.05) is 12.4 Å². The standard InChI is InChI=1S/C11H14F2OS/c1-2-8(7-15)6-14-11-4-3-9(12)5-10(11)13/h3-5,8,15H,2,6-7H2,1H3. The molecule has 0 amide bonds. The van der Waals surface area contributed by atoms with Crippen LogP contribution in [0.2, 0.25) is 0 Å². The van der Waals surface area contributed by atoms with Crippen LogP contribution in [0.4, 0.5) is 8.78 Å². The highest BCUT2D eigenvalue weighted by Crippen LogP contribution is 2.19. The highest BCUT2D eigenvalue weighted by Gasteiger charge is 2.08. The molecule has 0 fully saturated rings. The van der Waals surface area contributed by atoms with Gasteiger partial charge in [-0.1, -0.05) is 6.92 Å². The molecule has 1 nitrogen and oxygen atoms in total. The van der Waals surface area contributed by atoms with E-state index in [2.05, 4.69) is 12.6 Å². The normalized spacial score (nSPS) is 12.5. The van der Waals surface area contributed by atoms with Crippen LogP contribution in [0.15, 0.2) is 18.2 Å². The Labute approximate surface area is 93.9 Å². The average Bonchev–Trinajstić information content (AvgIpc) is 2.22. The second kappa shape index (κ2) is 5.95. The number of hydrogen-bond donors (Lipinski definition) is 1. The second-order valence-electron chi connectivity index (χ2n) is 3.34. The highest BCUT2D eigenvalue weighted by molar-refractivity contribution is 7.80. The third kappa shape index (κ3) is 3.70. The second-order valence-corrected chi connectivity index (χ2v) is 3.71. The maximum atomic E-state index is 13.1. The third-order valence-corrected chi connectivity index (χ3v) is 2.72. The minimum Gasteiger partial charge on any atom is -0.490 e. The van der Waals surface area contributed by atoms with E-state index in [1.165, 1.54) is 12.1 Å². The van der Waals surface area contributed by atoms with Crippen LogP contribution >= 0.6 is 12.6 Å². The minimum absolute atomic E-state index is 0.0941. The average molecular weight is 232 g/mol. The number of halogens is 2. The van der Waals surface area contributed by atoms with Gasteiger partial charge in [0.1, 0.15) is 5.82 Å². The molecule has 1 rings (SSSR count). The largest absolute Gasteiger partial charge is 0.490 e. The monoisotopic (exact) mass is 232 g/mol. The van der Waals surface area contributed by atoms with E-state index < -0.39 is 11.6 Å². The van der Waals surface area contributed by atoms with E-state index >= 15 is 0 Å². The van der Waals surface area contributed by atoms with Gasteiger partial charge >= 0.3 is 0 Å². The first-order chi connectivity index (χ1) is 7.17. The number of hydrogen-bond acceptors (Lipinski definition) is 2. The van der Waals surface area contributed by atoms with Crippen LogP contribution in [-0.4, -0.2) is 12.4 Å². The summed E-state index contributed by atoms with van der Waals surface area (Å²) >= 11 is 4.15. The van der Waals surface area contributed by atoms with Crippen molar-refractivity contribution in [2.45, 2.75) is 13.3 Å². The summed E-state index contributed by atoms with van der Waals surface area (Å²) < 4.78 is 30.9. The molecule has 0 aliphatic carbocycles. The Morgan fingerprint density at radius 2 is 2.13 bits per heavy atom. The van der Waals surface area contributed by atoms with Gasteiger partial charge in [-0.3, -0.25) is 0 Å². The summed E-state index contributed by atoms with van der Waals surface area (Å²) in [7, 11) is 0. The molecule has 0 saturated heterocycles. The van der Waals surface area contributed by atoms with Gasteiger partial charge in [0.2, 0.25) is 0 Å². The molecule has 1 unspecified atom stereocenters. The summed E-state index contributed by atoms with van der Waals surface area (Å²) in [5, 5.41) is 0. The predicted molar refractivity (Wildman–Crippen MR) is 59.5 cm³/mol. The van der Waals surface area contributed by atoms with Gasteiger partial charge in [-0.15, -0.1) is 0 Å². The molecular weight excluding hydrogens is 218 g/mol. The molecule has 0 N–H and O–H groups in total. The quantitative estimate of drug-likeness (QED) is 0.766. The van der Waals surface area contributed by atoms with E-state index in [1.807, 2.05) is 6.92 Å². The van der Waals surface area contributed by atoms with Crippen molar-refractivity contribution in [1.82, 2.24) is 0 Å². The molecule has 1 aromatic rings. The number of thiol groups is 1. The molecule has 0 spiro atoms. The van der Waals surface area contributed by atoms with Gasteiger partial charge in [0, 0.05) is 12.0 Å². The summed E-state index contributed by atoms with van der Waals surface area (Å²) in [5.41, 5.74) is 0. The SMILES string of the molecule is CCC(CS)COc1ccc(F)cc1F. The summed E-state index contributed by atoms with van der Waals surface area (Å²) in [5.74, 6) is -0.182. The van der Waals surface area contributed by atoms with E-state index in [9.17, 15) is 8.78 Å². The molecule has 0 heterocycles.